The first kappa shape index (κ1) is 11.8. The van der Waals surface area contributed by atoms with Gasteiger partial charge in [-0.1, -0.05) is 17.7 Å². The minimum Gasteiger partial charge on any atom is -0.328 e. The number of pyridine rings is 1. The lowest BCUT2D eigenvalue weighted by molar-refractivity contribution is 0.308. The van der Waals surface area contributed by atoms with Crippen LogP contribution in [0.15, 0.2) is 18.3 Å². The third kappa shape index (κ3) is 2.94. The quantitative estimate of drug-likeness (QED) is 0.820. The summed E-state index contributed by atoms with van der Waals surface area (Å²) in [6, 6.07) is 4.18. The molecule has 0 aromatic carbocycles. The van der Waals surface area contributed by atoms with Crippen LogP contribution in [0.1, 0.15) is 18.9 Å². The van der Waals surface area contributed by atoms with Crippen LogP contribution >= 0.6 is 11.6 Å². The van der Waals surface area contributed by atoms with Crippen molar-refractivity contribution in [1.82, 2.24) is 9.88 Å². The maximum absolute atomic E-state index is 5.92. The largest absolute Gasteiger partial charge is 0.328 e. The van der Waals surface area contributed by atoms with Gasteiger partial charge in [0.1, 0.15) is 5.15 Å². The van der Waals surface area contributed by atoms with Gasteiger partial charge in [-0.15, -0.1) is 0 Å². The molecular formula is C12H18ClN3. The Hall–Kier alpha value is -0.640. The Morgan fingerprint density at radius 1 is 1.62 bits per heavy atom. The summed E-state index contributed by atoms with van der Waals surface area (Å²) >= 11 is 5.75. The Bertz CT molecular complexity index is 337. The molecule has 0 amide bonds. The fraction of sp³-hybridized carbons (Fsp3) is 0.583. The molecule has 16 heavy (non-hydrogen) atoms. The van der Waals surface area contributed by atoms with Gasteiger partial charge in [0.05, 0.1) is 0 Å². The Morgan fingerprint density at radius 3 is 3.00 bits per heavy atom. The summed E-state index contributed by atoms with van der Waals surface area (Å²) in [5.74, 6) is 0.639. The molecule has 1 aliphatic heterocycles. The number of rotatable bonds is 3. The summed E-state index contributed by atoms with van der Waals surface area (Å²) in [6.45, 7) is 5.28. The van der Waals surface area contributed by atoms with Crippen molar-refractivity contribution in [3.05, 3.63) is 29.0 Å². The van der Waals surface area contributed by atoms with E-state index in [1.54, 1.807) is 0 Å². The van der Waals surface area contributed by atoms with Crippen molar-refractivity contribution < 1.29 is 0 Å². The molecule has 0 saturated carbocycles. The summed E-state index contributed by atoms with van der Waals surface area (Å²) < 4.78 is 0. The molecule has 2 unspecified atom stereocenters. The van der Waals surface area contributed by atoms with E-state index >= 15 is 0 Å². The third-order valence-electron chi connectivity index (χ3n) is 3.25. The molecule has 0 radical (unpaired) electrons. The second-order valence-electron chi connectivity index (χ2n) is 4.63. The zero-order chi connectivity index (χ0) is 11.5. The van der Waals surface area contributed by atoms with Crippen LogP contribution in [0.5, 0.6) is 0 Å². The molecule has 1 aromatic rings. The first-order valence-electron chi connectivity index (χ1n) is 5.73. The molecular weight excluding hydrogens is 222 g/mol. The van der Waals surface area contributed by atoms with Crippen LogP contribution in [0.2, 0.25) is 5.15 Å². The first-order chi connectivity index (χ1) is 7.65. The molecule has 0 bridgehead atoms. The van der Waals surface area contributed by atoms with Gasteiger partial charge in [-0.2, -0.15) is 0 Å². The molecule has 0 spiro atoms. The van der Waals surface area contributed by atoms with Crippen molar-refractivity contribution in [2.75, 3.05) is 13.1 Å². The van der Waals surface area contributed by atoms with Crippen LogP contribution in [0.4, 0.5) is 0 Å². The fourth-order valence-electron chi connectivity index (χ4n) is 2.19. The van der Waals surface area contributed by atoms with Crippen molar-refractivity contribution in [1.29, 1.82) is 0 Å². The maximum Gasteiger partial charge on any atom is 0.129 e. The SMILES string of the molecule is CC(N)C1CCN(Cc2ccc(Cl)nc2)C1. The van der Waals surface area contributed by atoms with Gasteiger partial charge in [0, 0.05) is 25.3 Å². The van der Waals surface area contributed by atoms with Gasteiger partial charge in [0.25, 0.3) is 0 Å². The molecule has 1 saturated heterocycles. The molecule has 2 rings (SSSR count). The predicted octanol–water partition coefficient (Wildman–Crippen LogP) is 1.90. The van der Waals surface area contributed by atoms with E-state index in [0.29, 0.717) is 17.1 Å². The van der Waals surface area contributed by atoms with Crippen molar-refractivity contribution in [3.63, 3.8) is 0 Å². The highest BCUT2D eigenvalue weighted by molar-refractivity contribution is 6.29. The second kappa shape index (κ2) is 5.13. The van der Waals surface area contributed by atoms with Gasteiger partial charge in [0.15, 0.2) is 0 Å². The number of likely N-dealkylation sites (tertiary alicyclic amines) is 1. The van der Waals surface area contributed by atoms with Crippen LogP contribution in [0, 0.1) is 5.92 Å². The van der Waals surface area contributed by atoms with E-state index in [1.807, 2.05) is 18.3 Å². The lowest BCUT2D eigenvalue weighted by atomic mass is 10.0. The number of hydrogen-bond donors (Lipinski definition) is 1. The highest BCUT2D eigenvalue weighted by atomic mass is 35.5. The summed E-state index contributed by atoms with van der Waals surface area (Å²) in [4.78, 5) is 6.52. The Labute approximate surface area is 102 Å². The van der Waals surface area contributed by atoms with Crippen molar-refractivity contribution >= 4 is 11.6 Å². The number of nitrogens with zero attached hydrogens (tertiary/aromatic N) is 2. The third-order valence-corrected chi connectivity index (χ3v) is 3.47. The summed E-state index contributed by atoms with van der Waals surface area (Å²) in [7, 11) is 0. The normalized spacial score (nSPS) is 23.6. The highest BCUT2D eigenvalue weighted by Crippen LogP contribution is 2.20. The summed E-state index contributed by atoms with van der Waals surface area (Å²) in [5, 5.41) is 0.554. The van der Waals surface area contributed by atoms with E-state index in [0.717, 1.165) is 19.6 Å². The van der Waals surface area contributed by atoms with Crippen molar-refractivity contribution in [2.24, 2.45) is 11.7 Å². The lowest BCUT2D eigenvalue weighted by Crippen LogP contribution is -2.29. The average Bonchev–Trinajstić information content (AvgIpc) is 2.70. The number of hydrogen-bond acceptors (Lipinski definition) is 3. The van der Waals surface area contributed by atoms with Gasteiger partial charge in [-0.25, -0.2) is 4.98 Å². The molecule has 4 heteroatoms. The standard InChI is InChI=1S/C12H18ClN3/c1-9(14)11-4-5-16(8-11)7-10-2-3-12(13)15-6-10/h2-3,6,9,11H,4-5,7-8,14H2,1H3. The van der Waals surface area contributed by atoms with E-state index in [-0.39, 0.29) is 0 Å². The van der Waals surface area contributed by atoms with Gasteiger partial charge < -0.3 is 5.73 Å². The molecule has 1 aromatic heterocycles. The first-order valence-corrected chi connectivity index (χ1v) is 6.11. The van der Waals surface area contributed by atoms with Crippen LogP contribution < -0.4 is 5.73 Å². The van der Waals surface area contributed by atoms with E-state index < -0.39 is 0 Å². The molecule has 3 nitrogen and oxygen atoms in total. The minimum atomic E-state index is 0.299. The Morgan fingerprint density at radius 2 is 2.44 bits per heavy atom. The van der Waals surface area contributed by atoms with Crippen LogP contribution in [0.25, 0.3) is 0 Å². The zero-order valence-electron chi connectivity index (χ0n) is 9.56. The van der Waals surface area contributed by atoms with Gasteiger partial charge in [0.2, 0.25) is 0 Å². The van der Waals surface area contributed by atoms with E-state index in [4.69, 9.17) is 17.3 Å². The fourth-order valence-corrected chi connectivity index (χ4v) is 2.31. The van der Waals surface area contributed by atoms with E-state index in [9.17, 15) is 0 Å². The monoisotopic (exact) mass is 239 g/mol. The smallest absolute Gasteiger partial charge is 0.129 e. The summed E-state index contributed by atoms with van der Waals surface area (Å²) in [6.07, 6.45) is 3.06. The lowest BCUT2D eigenvalue weighted by Gasteiger charge is -2.17. The zero-order valence-corrected chi connectivity index (χ0v) is 10.3. The number of aromatic nitrogens is 1. The molecule has 88 valence electrons. The molecule has 2 N–H and O–H groups in total. The van der Waals surface area contributed by atoms with Crippen molar-refractivity contribution in [3.8, 4) is 0 Å². The average molecular weight is 240 g/mol. The van der Waals surface area contributed by atoms with E-state index in [1.165, 1.54) is 12.0 Å². The van der Waals surface area contributed by atoms with Gasteiger partial charge in [-0.05, 0) is 37.4 Å². The topological polar surface area (TPSA) is 42.1 Å². The Kier molecular flexibility index (Phi) is 3.79. The second-order valence-corrected chi connectivity index (χ2v) is 5.02. The molecule has 2 heterocycles. The summed E-state index contributed by atoms with van der Waals surface area (Å²) in [5.41, 5.74) is 7.13. The molecule has 2 atom stereocenters. The van der Waals surface area contributed by atoms with Crippen LogP contribution in [-0.2, 0) is 6.54 Å². The number of nitrogens with two attached hydrogens (primary N) is 1. The molecule has 1 fully saturated rings. The van der Waals surface area contributed by atoms with Crippen LogP contribution in [0.3, 0.4) is 0 Å². The van der Waals surface area contributed by atoms with E-state index in [2.05, 4.69) is 16.8 Å². The predicted molar refractivity (Wildman–Crippen MR) is 66.3 cm³/mol. The maximum atomic E-state index is 5.92. The Balaban J connectivity index is 1.89. The molecule has 0 aliphatic carbocycles. The highest BCUT2D eigenvalue weighted by Gasteiger charge is 2.24. The van der Waals surface area contributed by atoms with Crippen LogP contribution in [-0.4, -0.2) is 29.0 Å². The molecule has 1 aliphatic rings. The minimum absolute atomic E-state index is 0.299. The van der Waals surface area contributed by atoms with Gasteiger partial charge in [-0.3, -0.25) is 4.90 Å². The number of halogens is 1. The van der Waals surface area contributed by atoms with Gasteiger partial charge >= 0.3 is 0 Å². The van der Waals surface area contributed by atoms with Crippen molar-refractivity contribution in [2.45, 2.75) is 25.9 Å².